The van der Waals surface area contributed by atoms with Crippen molar-refractivity contribution in [3.05, 3.63) is 11.8 Å². The first-order valence-corrected chi connectivity index (χ1v) is 4.49. The lowest BCUT2D eigenvalue weighted by atomic mass is 10.1. The molecule has 0 aromatic rings. The van der Waals surface area contributed by atoms with Crippen LogP contribution in [0.3, 0.4) is 0 Å². The Kier molecular flexibility index (Phi) is 7.43. The van der Waals surface area contributed by atoms with E-state index in [1.54, 1.807) is 13.0 Å². The summed E-state index contributed by atoms with van der Waals surface area (Å²) in [6.07, 6.45) is 3.82. The van der Waals surface area contributed by atoms with Gasteiger partial charge in [0.05, 0.1) is 13.4 Å². The van der Waals surface area contributed by atoms with Gasteiger partial charge in [0.1, 0.15) is 0 Å². The summed E-state index contributed by atoms with van der Waals surface area (Å²) in [5.74, 6) is -1.08. The van der Waals surface area contributed by atoms with E-state index in [2.05, 4.69) is 19.8 Å². The number of carboxylic acid groups (broad SMARTS) is 1. The van der Waals surface area contributed by atoms with Crippen LogP contribution in [0.15, 0.2) is 21.8 Å². The number of carboxylic acids is 1. The van der Waals surface area contributed by atoms with Crippen molar-refractivity contribution in [3.63, 3.8) is 0 Å². The molecule has 0 aliphatic carbocycles. The van der Waals surface area contributed by atoms with Gasteiger partial charge in [0, 0.05) is 12.1 Å². The minimum Gasteiger partial charge on any atom is -0.480 e. The van der Waals surface area contributed by atoms with E-state index in [0.717, 1.165) is 12.7 Å². The number of rotatable bonds is 7. The molecule has 0 saturated carbocycles. The molecule has 0 bridgehead atoms. The molecular weight excluding hydrogens is 214 g/mol. The Morgan fingerprint density at radius 2 is 2.31 bits per heavy atom. The highest BCUT2D eigenvalue weighted by atomic mass is 17.2. The Bertz CT molecular complexity index is 299. The average Bonchev–Trinajstić information content (AvgIpc) is 2.26. The Balaban J connectivity index is 4.50. The summed E-state index contributed by atoms with van der Waals surface area (Å²) in [7, 11) is 1.29. The van der Waals surface area contributed by atoms with Crippen molar-refractivity contribution in [2.24, 2.45) is 15.7 Å². The van der Waals surface area contributed by atoms with Crippen molar-refractivity contribution in [2.45, 2.75) is 19.4 Å². The minimum absolute atomic E-state index is 0.128. The molecule has 0 radical (unpaired) electrons. The highest BCUT2D eigenvalue weighted by molar-refractivity contribution is 5.75. The fraction of sp³-hybridized carbons (Fsp3) is 0.444. The Hall–Kier alpha value is -1.89. The highest BCUT2D eigenvalue weighted by Crippen LogP contribution is 2.09. The van der Waals surface area contributed by atoms with Crippen LogP contribution >= 0.6 is 0 Å². The van der Waals surface area contributed by atoms with Crippen LogP contribution in [0.1, 0.15) is 13.3 Å². The summed E-state index contributed by atoms with van der Waals surface area (Å²) in [5.41, 5.74) is 5.65. The smallest absolute Gasteiger partial charge is 0.328 e. The number of hydrogen-bond donors (Lipinski definition) is 2. The molecule has 0 spiro atoms. The minimum atomic E-state index is -1.08. The van der Waals surface area contributed by atoms with E-state index in [1.165, 1.54) is 7.11 Å². The van der Waals surface area contributed by atoms with Gasteiger partial charge in [-0.05, 0) is 6.92 Å². The van der Waals surface area contributed by atoms with Gasteiger partial charge in [0.15, 0.2) is 6.04 Å². The molecule has 0 aliphatic heterocycles. The van der Waals surface area contributed by atoms with Crippen molar-refractivity contribution >= 4 is 18.7 Å². The number of nitrogens with two attached hydrogens (primary N) is 1. The fourth-order valence-corrected chi connectivity index (χ4v) is 0.884. The molecule has 16 heavy (non-hydrogen) atoms. The van der Waals surface area contributed by atoms with Gasteiger partial charge >= 0.3 is 5.97 Å². The maximum atomic E-state index is 10.8. The second-order valence-electron chi connectivity index (χ2n) is 2.63. The molecular formula is C9H15N3O4. The largest absolute Gasteiger partial charge is 0.480 e. The Labute approximate surface area is 93.2 Å². The zero-order chi connectivity index (χ0) is 12.4. The lowest BCUT2D eigenvalue weighted by Gasteiger charge is -2.06. The van der Waals surface area contributed by atoms with Gasteiger partial charge < -0.3 is 15.7 Å². The van der Waals surface area contributed by atoms with E-state index in [-0.39, 0.29) is 6.42 Å². The fourth-order valence-electron chi connectivity index (χ4n) is 0.884. The van der Waals surface area contributed by atoms with Gasteiger partial charge in [-0.3, -0.25) is 0 Å². The lowest BCUT2D eigenvalue weighted by molar-refractivity contribution is -0.188. The summed E-state index contributed by atoms with van der Waals surface area (Å²) >= 11 is 0. The van der Waals surface area contributed by atoms with Crippen LogP contribution in [-0.2, 0) is 14.6 Å². The van der Waals surface area contributed by atoms with Crippen molar-refractivity contribution in [2.75, 3.05) is 7.11 Å². The monoisotopic (exact) mass is 229 g/mol. The van der Waals surface area contributed by atoms with E-state index in [9.17, 15) is 4.79 Å². The van der Waals surface area contributed by atoms with Crippen LogP contribution in [-0.4, -0.2) is 37.0 Å². The van der Waals surface area contributed by atoms with Gasteiger partial charge in [0.2, 0.25) is 6.40 Å². The standard InChI is InChI=1S/C9H15N3O4/c1-3-7(11-5-10)4-8(9(13)14)12-6-16-15-2/h3,5-6,8H,4H2,1-2H3,(H2,10,11)(H,13,14)/b7-3-,12-6?/t8-/m0/s1. The predicted molar refractivity (Wildman–Crippen MR) is 59.1 cm³/mol. The lowest BCUT2D eigenvalue weighted by Crippen LogP contribution is -2.19. The van der Waals surface area contributed by atoms with Crippen molar-refractivity contribution in [1.29, 1.82) is 0 Å². The second kappa shape index (κ2) is 8.42. The molecule has 1 atom stereocenters. The second-order valence-corrected chi connectivity index (χ2v) is 2.63. The van der Waals surface area contributed by atoms with Crippen LogP contribution in [0.5, 0.6) is 0 Å². The third kappa shape index (κ3) is 5.76. The van der Waals surface area contributed by atoms with Crippen LogP contribution in [0.4, 0.5) is 0 Å². The molecule has 0 aliphatic rings. The average molecular weight is 229 g/mol. The molecule has 0 amide bonds. The van der Waals surface area contributed by atoms with Crippen molar-refractivity contribution in [1.82, 2.24) is 0 Å². The molecule has 0 aromatic carbocycles. The first-order valence-electron chi connectivity index (χ1n) is 4.49. The molecule has 0 rings (SSSR count). The highest BCUT2D eigenvalue weighted by Gasteiger charge is 2.17. The normalized spacial score (nSPS) is 14.5. The summed E-state index contributed by atoms with van der Waals surface area (Å²) in [4.78, 5) is 26.9. The summed E-state index contributed by atoms with van der Waals surface area (Å²) in [5, 5.41) is 8.86. The molecule has 3 N–H and O–H groups in total. The van der Waals surface area contributed by atoms with Crippen molar-refractivity contribution < 1.29 is 19.7 Å². The quantitative estimate of drug-likeness (QED) is 0.283. The number of allylic oxidation sites excluding steroid dienone is 1. The maximum Gasteiger partial charge on any atom is 0.328 e. The number of aliphatic imine (C=N–C) groups is 2. The van der Waals surface area contributed by atoms with Crippen LogP contribution < -0.4 is 5.73 Å². The molecule has 0 unspecified atom stereocenters. The number of carbonyl (C=O) groups is 1. The zero-order valence-corrected chi connectivity index (χ0v) is 9.16. The van der Waals surface area contributed by atoms with E-state index < -0.39 is 12.0 Å². The topological polar surface area (TPSA) is 106 Å². The first kappa shape index (κ1) is 14.1. The summed E-state index contributed by atoms with van der Waals surface area (Å²) in [6, 6.07) is -0.981. The van der Waals surface area contributed by atoms with Crippen molar-refractivity contribution in [3.8, 4) is 0 Å². The van der Waals surface area contributed by atoms with E-state index in [4.69, 9.17) is 10.8 Å². The predicted octanol–water partition coefficient (Wildman–Crippen LogP) is 0.327. The summed E-state index contributed by atoms with van der Waals surface area (Å²) in [6.45, 7) is 1.73. The summed E-state index contributed by atoms with van der Waals surface area (Å²) < 4.78 is 0. The van der Waals surface area contributed by atoms with Gasteiger partial charge in [-0.25, -0.2) is 14.8 Å². The van der Waals surface area contributed by atoms with Crippen LogP contribution in [0.2, 0.25) is 0 Å². The number of aliphatic carboxylic acids is 1. The van der Waals surface area contributed by atoms with E-state index in [1.807, 2.05) is 0 Å². The Morgan fingerprint density at radius 1 is 1.62 bits per heavy atom. The van der Waals surface area contributed by atoms with Gasteiger partial charge in [0.25, 0.3) is 0 Å². The Morgan fingerprint density at radius 3 is 2.75 bits per heavy atom. The third-order valence-electron chi connectivity index (χ3n) is 1.64. The maximum absolute atomic E-state index is 10.8. The molecule has 7 heteroatoms. The molecule has 90 valence electrons. The molecule has 7 nitrogen and oxygen atoms in total. The molecule has 0 fully saturated rings. The molecule has 0 aromatic heterocycles. The van der Waals surface area contributed by atoms with Gasteiger partial charge in [-0.15, -0.1) is 0 Å². The van der Waals surface area contributed by atoms with Gasteiger partial charge in [-0.2, -0.15) is 4.89 Å². The van der Waals surface area contributed by atoms with E-state index >= 15 is 0 Å². The molecule has 0 saturated heterocycles. The third-order valence-corrected chi connectivity index (χ3v) is 1.64. The first-order chi connectivity index (χ1) is 7.65. The SMILES string of the molecule is C/C=C(/C[C@H](N=COOC)C(=O)O)N=CN. The zero-order valence-electron chi connectivity index (χ0n) is 9.16. The van der Waals surface area contributed by atoms with Gasteiger partial charge in [-0.1, -0.05) is 6.08 Å². The van der Waals surface area contributed by atoms with E-state index in [0.29, 0.717) is 5.70 Å². The van der Waals surface area contributed by atoms with Crippen LogP contribution in [0, 0.1) is 0 Å². The number of nitrogens with zero attached hydrogens (tertiary/aromatic N) is 2. The molecule has 0 heterocycles. The number of hydrogen-bond acceptors (Lipinski definition) is 5. The van der Waals surface area contributed by atoms with Crippen LogP contribution in [0.25, 0.3) is 0 Å².